The molecule has 1 aromatic rings. The number of carbonyl (C=O) groups is 4. The molecule has 320 valence electrons. The van der Waals surface area contributed by atoms with Crippen LogP contribution in [0, 0.1) is 22.7 Å². The lowest BCUT2D eigenvalue weighted by Gasteiger charge is -2.62. The molecule has 0 saturated heterocycles. The minimum absolute atomic E-state index is 0.0293. The molecule has 4 aliphatic carbocycles. The van der Waals surface area contributed by atoms with Gasteiger partial charge in [0, 0.05) is 36.6 Å². The highest BCUT2D eigenvalue weighted by molar-refractivity contribution is 6.14. The number of amides is 4. The van der Waals surface area contributed by atoms with Crippen LogP contribution in [-0.4, -0.2) is 125 Å². The van der Waals surface area contributed by atoms with E-state index in [1.54, 1.807) is 13.2 Å². The molecular formula is C42H59N3O13. The zero-order chi connectivity index (χ0) is 41.8. The average Bonchev–Trinajstić information content (AvgIpc) is 3.67. The van der Waals surface area contributed by atoms with Crippen molar-refractivity contribution >= 4 is 23.6 Å². The first-order valence-electron chi connectivity index (χ1n) is 20.5. The van der Waals surface area contributed by atoms with Crippen molar-refractivity contribution in [3.63, 3.8) is 0 Å². The maximum absolute atomic E-state index is 13.0. The molecular weight excluding hydrogens is 754 g/mol. The Hall–Kier alpha value is -3.77. The number of aliphatic hydroxyl groups is 4. The molecule has 4 amide bonds. The fraction of sp³-hybridized carbons (Fsp3) is 0.690. The number of fused-ring (bicyclic) bond motifs is 5. The van der Waals surface area contributed by atoms with Crippen molar-refractivity contribution in [2.75, 3.05) is 39.5 Å². The average molecular weight is 814 g/mol. The Kier molecular flexibility index (Phi) is 13.8. The number of nitrogens with one attached hydrogen (secondary N) is 2. The summed E-state index contributed by atoms with van der Waals surface area (Å²) in [6, 6.07) is 2.56. The molecule has 2 heterocycles. The molecule has 16 nitrogen and oxygen atoms in total. The van der Waals surface area contributed by atoms with Crippen LogP contribution in [0.2, 0.25) is 0 Å². The van der Waals surface area contributed by atoms with Gasteiger partial charge in [-0.15, -0.1) is 0 Å². The van der Waals surface area contributed by atoms with Crippen molar-refractivity contribution in [1.82, 2.24) is 15.5 Å². The van der Waals surface area contributed by atoms with Gasteiger partial charge in [-0.05, 0) is 93.1 Å². The lowest BCUT2D eigenvalue weighted by molar-refractivity contribution is -0.228. The van der Waals surface area contributed by atoms with Gasteiger partial charge in [0.2, 0.25) is 11.8 Å². The van der Waals surface area contributed by atoms with Gasteiger partial charge in [0.15, 0.2) is 6.29 Å². The maximum Gasteiger partial charge on any atom is 0.335 e. The first-order valence-corrected chi connectivity index (χ1v) is 20.5. The molecule has 0 radical (unpaired) electrons. The summed E-state index contributed by atoms with van der Waals surface area (Å²) in [5, 5.41) is 47.9. The lowest BCUT2D eigenvalue weighted by Crippen LogP contribution is -2.60. The van der Waals surface area contributed by atoms with Crippen LogP contribution >= 0.6 is 0 Å². The van der Waals surface area contributed by atoms with Gasteiger partial charge in [-0.1, -0.05) is 25.5 Å². The van der Waals surface area contributed by atoms with Crippen molar-refractivity contribution in [2.24, 2.45) is 22.7 Å². The smallest absolute Gasteiger partial charge is 0.335 e. The summed E-state index contributed by atoms with van der Waals surface area (Å²) in [6.45, 7) is 4.79. The van der Waals surface area contributed by atoms with Gasteiger partial charge < -0.3 is 49.7 Å². The summed E-state index contributed by atoms with van der Waals surface area (Å²) < 4.78 is 23.3. The molecule has 11 atom stereocenters. The Morgan fingerprint density at radius 3 is 2.41 bits per heavy atom. The van der Waals surface area contributed by atoms with Crippen molar-refractivity contribution < 1.29 is 58.2 Å². The van der Waals surface area contributed by atoms with E-state index in [-0.39, 0.29) is 66.3 Å². The van der Waals surface area contributed by atoms with E-state index in [1.165, 1.54) is 11.6 Å². The van der Waals surface area contributed by atoms with Crippen molar-refractivity contribution in [1.29, 1.82) is 0 Å². The first-order chi connectivity index (χ1) is 27.6. The van der Waals surface area contributed by atoms with Crippen LogP contribution in [0.25, 0.3) is 0 Å². The molecule has 5 aliphatic rings. The predicted octanol–water partition coefficient (Wildman–Crippen LogP) is 1.20. The summed E-state index contributed by atoms with van der Waals surface area (Å²) in [6.07, 6.45) is 8.22. The molecule has 1 aromatic heterocycles. The van der Waals surface area contributed by atoms with E-state index in [1.807, 2.05) is 6.07 Å². The van der Waals surface area contributed by atoms with Gasteiger partial charge >= 0.3 is 5.63 Å². The third-order valence-electron chi connectivity index (χ3n) is 13.8. The molecule has 0 bridgehead atoms. The Morgan fingerprint density at radius 2 is 1.72 bits per heavy atom. The number of allylic oxidation sites excluding steroid dienone is 1. The largest absolute Gasteiger partial charge is 0.431 e. The van der Waals surface area contributed by atoms with Gasteiger partial charge in [0.1, 0.15) is 18.8 Å². The molecule has 3 saturated carbocycles. The lowest BCUT2D eigenvalue weighted by atomic mass is 9.45. The highest BCUT2D eigenvalue weighted by Crippen LogP contribution is 2.70. The fourth-order valence-electron chi connectivity index (χ4n) is 10.6. The van der Waals surface area contributed by atoms with Gasteiger partial charge in [0.05, 0.1) is 50.4 Å². The molecule has 3 unspecified atom stereocenters. The molecule has 6 rings (SSSR count). The van der Waals surface area contributed by atoms with E-state index >= 15 is 0 Å². The Balaban J connectivity index is 1.04. The highest BCUT2D eigenvalue weighted by Gasteiger charge is 2.66. The number of ether oxygens (including phenoxy) is 3. The van der Waals surface area contributed by atoms with Crippen molar-refractivity contribution in [3.8, 4) is 0 Å². The maximum atomic E-state index is 13.0. The molecule has 1 aliphatic heterocycles. The monoisotopic (exact) mass is 813 g/mol. The zero-order valence-electron chi connectivity index (χ0n) is 33.6. The van der Waals surface area contributed by atoms with Crippen LogP contribution in [0.5, 0.6) is 0 Å². The van der Waals surface area contributed by atoms with Gasteiger partial charge in [-0.2, -0.15) is 0 Å². The Bertz CT molecular complexity index is 1760. The molecule has 6 N–H and O–H groups in total. The molecule has 16 heteroatoms. The third-order valence-corrected chi connectivity index (χ3v) is 13.8. The summed E-state index contributed by atoms with van der Waals surface area (Å²) in [5.41, 5.74) is 0.502. The second-order valence-corrected chi connectivity index (χ2v) is 17.1. The SMILES string of the molecule is C[C@H](NC(=O)CCOCCNC(=O)CN1C(=O)C=CC1=O)[C@@H](OC(CO)[C@@H](O)CO)O[C@@H]1C=C2CCC3C(CC[C@]4(C)[C@@H](c5ccc(=O)oc5)CC[C@]34O)[C@@]2(C)CC1. The number of nitrogens with zero attached hydrogens (tertiary/aromatic N) is 1. The molecule has 58 heavy (non-hydrogen) atoms. The van der Waals surface area contributed by atoms with Crippen LogP contribution in [0.1, 0.15) is 90.0 Å². The normalized spacial score (nSPS) is 32.4. The highest BCUT2D eigenvalue weighted by atomic mass is 16.7. The molecule has 0 aromatic carbocycles. The summed E-state index contributed by atoms with van der Waals surface area (Å²) in [7, 11) is 0. The van der Waals surface area contributed by atoms with E-state index < -0.39 is 73.7 Å². The summed E-state index contributed by atoms with van der Waals surface area (Å²) in [5.74, 6) is -1.52. The fourth-order valence-corrected chi connectivity index (χ4v) is 10.6. The number of hydrogen-bond donors (Lipinski definition) is 6. The zero-order valence-corrected chi connectivity index (χ0v) is 33.6. The summed E-state index contributed by atoms with van der Waals surface area (Å²) >= 11 is 0. The molecule has 3 fully saturated rings. The van der Waals surface area contributed by atoms with E-state index in [0.29, 0.717) is 12.8 Å². The second kappa shape index (κ2) is 18.2. The topological polar surface area (TPSA) is 234 Å². The van der Waals surface area contributed by atoms with Crippen LogP contribution in [0.3, 0.4) is 0 Å². The quantitative estimate of drug-likeness (QED) is 0.0530. The third kappa shape index (κ3) is 8.88. The van der Waals surface area contributed by atoms with Crippen LogP contribution in [-0.2, 0) is 33.4 Å². The van der Waals surface area contributed by atoms with E-state index in [0.717, 1.165) is 61.1 Å². The Labute approximate surface area is 338 Å². The number of rotatable bonds is 18. The second-order valence-electron chi connectivity index (χ2n) is 17.1. The minimum atomic E-state index is -1.39. The number of hydrogen-bond acceptors (Lipinski definition) is 13. The van der Waals surface area contributed by atoms with E-state index in [4.69, 9.17) is 18.6 Å². The van der Waals surface area contributed by atoms with E-state index in [2.05, 4.69) is 30.6 Å². The van der Waals surface area contributed by atoms with Gasteiger partial charge in [-0.3, -0.25) is 24.1 Å². The predicted molar refractivity (Wildman–Crippen MR) is 207 cm³/mol. The first kappa shape index (κ1) is 43.8. The van der Waals surface area contributed by atoms with Crippen LogP contribution < -0.4 is 16.3 Å². The van der Waals surface area contributed by atoms with Gasteiger partial charge in [-0.25, -0.2) is 4.79 Å². The van der Waals surface area contributed by atoms with E-state index in [9.17, 15) is 44.4 Å². The Morgan fingerprint density at radius 1 is 0.966 bits per heavy atom. The van der Waals surface area contributed by atoms with Crippen LogP contribution in [0.4, 0.5) is 0 Å². The summed E-state index contributed by atoms with van der Waals surface area (Å²) in [4.78, 5) is 60.8. The van der Waals surface area contributed by atoms with Crippen molar-refractivity contribution in [3.05, 3.63) is 58.2 Å². The number of carbonyl (C=O) groups excluding carboxylic acids is 4. The standard InChI is InChI=1S/C42H59N3O13/c1-25(44-34(49)13-18-55-19-17-43-35(50)21-45-36(51)7-8-37(45)52)39(58-33(23-47)32(48)22-46)57-28-10-14-40(2)27(20-28)5-6-31-30(40)11-15-41(3)29(12-16-42(31,41)54)26-4-9-38(53)56-24-26/h4,7-9,20,24-25,28-33,39,46-48,54H,5-6,10-19,21-23H2,1-3H3,(H,43,50)(H,44,49)/t25-,28-,29+,30?,31?,32-,33?,39+,40-,41+,42-/m0/s1. The molecule has 0 spiro atoms. The van der Waals surface area contributed by atoms with Gasteiger partial charge in [0.25, 0.3) is 11.8 Å². The number of aliphatic hydroxyl groups excluding tert-OH is 3. The number of imide groups is 1. The van der Waals surface area contributed by atoms with Crippen LogP contribution in [0.15, 0.2) is 51.4 Å². The van der Waals surface area contributed by atoms with Crippen molar-refractivity contribution in [2.45, 2.75) is 121 Å². The minimum Gasteiger partial charge on any atom is -0.431 e.